The Balaban J connectivity index is 1.48. The molecule has 38 heavy (non-hydrogen) atoms. The lowest BCUT2D eigenvalue weighted by molar-refractivity contribution is -0.141. The van der Waals surface area contributed by atoms with E-state index < -0.39 is 5.54 Å². The van der Waals surface area contributed by atoms with Crippen molar-refractivity contribution in [3.8, 4) is 5.75 Å². The molecule has 2 saturated heterocycles. The summed E-state index contributed by atoms with van der Waals surface area (Å²) in [5.41, 5.74) is 0.842. The van der Waals surface area contributed by atoms with Gasteiger partial charge in [0.15, 0.2) is 0 Å². The fraction of sp³-hybridized carbons (Fsp3) is 0.500. The number of likely N-dealkylation sites (tertiary alicyclic amines) is 1. The average molecular weight is 521 g/mol. The van der Waals surface area contributed by atoms with Gasteiger partial charge in [-0.1, -0.05) is 44.9 Å². The highest BCUT2D eigenvalue weighted by atomic mass is 16.5. The minimum Gasteiger partial charge on any atom is -0.497 e. The molecule has 2 aromatic carbocycles. The first-order valence-electron chi connectivity index (χ1n) is 13.8. The first-order valence-corrected chi connectivity index (χ1v) is 13.8. The number of rotatable bonds is 10. The van der Waals surface area contributed by atoms with E-state index in [2.05, 4.69) is 24.1 Å². The van der Waals surface area contributed by atoms with E-state index in [4.69, 9.17) is 4.74 Å². The Morgan fingerprint density at radius 1 is 1.03 bits per heavy atom. The van der Waals surface area contributed by atoms with E-state index in [1.807, 2.05) is 35.2 Å². The lowest BCUT2D eigenvalue weighted by Gasteiger charge is -2.44. The molecule has 8 nitrogen and oxygen atoms in total. The Morgan fingerprint density at radius 3 is 2.32 bits per heavy atom. The Bertz CT molecular complexity index is 1100. The van der Waals surface area contributed by atoms with Gasteiger partial charge in [-0.2, -0.15) is 0 Å². The van der Waals surface area contributed by atoms with Gasteiger partial charge in [0.25, 0.3) is 5.91 Å². The number of amides is 3. The number of nitrogens with zero attached hydrogens (tertiary/aromatic N) is 3. The van der Waals surface area contributed by atoms with E-state index in [0.717, 1.165) is 31.4 Å². The predicted octanol–water partition coefficient (Wildman–Crippen LogP) is 4.52. The number of hydrogen-bond acceptors (Lipinski definition) is 5. The number of para-hydroxylation sites is 1. The molecule has 1 N–H and O–H groups in total. The van der Waals surface area contributed by atoms with Crippen molar-refractivity contribution in [3.63, 3.8) is 0 Å². The number of unbranched alkanes of at least 4 members (excludes halogenated alkanes) is 1. The van der Waals surface area contributed by atoms with Crippen LogP contribution in [0.25, 0.3) is 0 Å². The number of methoxy groups -OCH3 is 1. The van der Waals surface area contributed by atoms with Crippen molar-refractivity contribution in [2.24, 2.45) is 5.92 Å². The van der Waals surface area contributed by atoms with Gasteiger partial charge < -0.3 is 24.8 Å². The summed E-state index contributed by atoms with van der Waals surface area (Å²) < 4.78 is 5.18. The Labute approximate surface area is 225 Å². The van der Waals surface area contributed by atoms with Gasteiger partial charge in [-0.05, 0) is 62.1 Å². The third-order valence-electron chi connectivity index (χ3n) is 7.94. The van der Waals surface area contributed by atoms with Gasteiger partial charge in [0, 0.05) is 30.4 Å². The maximum Gasteiger partial charge on any atom is 0.250 e. The van der Waals surface area contributed by atoms with Crippen molar-refractivity contribution in [3.05, 3.63) is 54.6 Å². The molecule has 204 valence electrons. The summed E-state index contributed by atoms with van der Waals surface area (Å²) in [6.45, 7) is 5.62. The molecule has 3 amide bonds. The third kappa shape index (κ3) is 5.79. The first-order chi connectivity index (χ1) is 18.4. The molecule has 0 radical (unpaired) electrons. The molecule has 1 unspecified atom stereocenters. The Hall–Kier alpha value is -3.55. The monoisotopic (exact) mass is 520 g/mol. The van der Waals surface area contributed by atoms with Crippen LogP contribution in [0.5, 0.6) is 5.75 Å². The summed E-state index contributed by atoms with van der Waals surface area (Å²) >= 11 is 0. The number of hydrogen-bond donors (Lipinski definition) is 1. The van der Waals surface area contributed by atoms with Crippen molar-refractivity contribution in [2.75, 3.05) is 43.6 Å². The van der Waals surface area contributed by atoms with Crippen LogP contribution in [0.1, 0.15) is 52.4 Å². The molecule has 1 atom stereocenters. The summed E-state index contributed by atoms with van der Waals surface area (Å²) in [6.07, 6.45) is 4.98. The van der Waals surface area contributed by atoms with Crippen LogP contribution >= 0.6 is 0 Å². The van der Waals surface area contributed by atoms with E-state index in [0.29, 0.717) is 44.0 Å². The molecule has 2 aliphatic rings. The number of carbonyl (C=O) groups is 3. The molecular weight excluding hydrogens is 480 g/mol. The van der Waals surface area contributed by atoms with Gasteiger partial charge in [-0.3, -0.25) is 14.4 Å². The second-order valence-electron chi connectivity index (χ2n) is 10.3. The van der Waals surface area contributed by atoms with Crippen LogP contribution in [0.3, 0.4) is 0 Å². The first kappa shape index (κ1) is 27.5. The zero-order chi connectivity index (χ0) is 27.1. The van der Waals surface area contributed by atoms with Gasteiger partial charge >= 0.3 is 0 Å². The second-order valence-corrected chi connectivity index (χ2v) is 10.3. The van der Waals surface area contributed by atoms with Crippen LogP contribution in [0, 0.1) is 5.92 Å². The van der Waals surface area contributed by atoms with Gasteiger partial charge in [0.2, 0.25) is 11.8 Å². The zero-order valence-corrected chi connectivity index (χ0v) is 22.8. The van der Waals surface area contributed by atoms with Crippen LogP contribution in [-0.4, -0.2) is 66.5 Å². The summed E-state index contributed by atoms with van der Waals surface area (Å²) in [7, 11) is 1.59. The molecule has 2 aliphatic heterocycles. The molecule has 8 heteroatoms. The number of piperidine rings is 1. The van der Waals surface area contributed by atoms with E-state index >= 15 is 0 Å². The minimum absolute atomic E-state index is 0.0342. The standard InChI is InChI=1S/C30H40N4O4/c1-4-6-10-23(5-2)28(36)32-19-17-30(18-20-32)29(37)33(22-34(30)25-11-8-7-9-12-25)21-27(35)31-24-13-15-26(38-3)16-14-24/h7-9,11-16,23H,4-6,10,17-22H2,1-3H3,(H,31,35). The quantitative estimate of drug-likeness (QED) is 0.498. The topological polar surface area (TPSA) is 82.2 Å². The second kappa shape index (κ2) is 12.3. The number of anilines is 2. The van der Waals surface area contributed by atoms with Gasteiger partial charge in [0.05, 0.1) is 13.8 Å². The number of carbonyl (C=O) groups excluding carboxylic acids is 3. The minimum atomic E-state index is -0.760. The molecule has 0 aliphatic carbocycles. The van der Waals surface area contributed by atoms with E-state index in [9.17, 15) is 14.4 Å². The lowest BCUT2D eigenvalue weighted by Crippen LogP contribution is -2.58. The summed E-state index contributed by atoms with van der Waals surface area (Å²) in [6, 6.07) is 17.0. The maximum atomic E-state index is 13.9. The highest BCUT2D eigenvalue weighted by Gasteiger charge is 2.54. The van der Waals surface area contributed by atoms with Crippen molar-refractivity contribution < 1.29 is 19.1 Å². The molecule has 2 fully saturated rings. The van der Waals surface area contributed by atoms with Gasteiger partial charge in [-0.15, -0.1) is 0 Å². The number of nitrogens with one attached hydrogen (secondary N) is 1. The number of ether oxygens (including phenoxy) is 1. The molecule has 2 heterocycles. The van der Waals surface area contributed by atoms with E-state index in [-0.39, 0.29) is 30.2 Å². The molecular formula is C30H40N4O4. The normalized spacial score (nSPS) is 17.6. The molecule has 2 aromatic rings. The SMILES string of the molecule is CCCCC(CC)C(=O)N1CCC2(CC1)C(=O)N(CC(=O)Nc1ccc(OC)cc1)CN2c1ccccc1. The molecule has 0 bridgehead atoms. The van der Waals surface area contributed by atoms with Crippen molar-refractivity contribution in [2.45, 2.75) is 57.9 Å². The highest BCUT2D eigenvalue weighted by molar-refractivity contribution is 5.99. The molecule has 4 rings (SSSR count). The van der Waals surface area contributed by atoms with Crippen LogP contribution < -0.4 is 15.0 Å². The van der Waals surface area contributed by atoms with Crippen molar-refractivity contribution in [1.29, 1.82) is 0 Å². The predicted molar refractivity (Wildman–Crippen MR) is 149 cm³/mol. The van der Waals surface area contributed by atoms with Crippen molar-refractivity contribution in [1.82, 2.24) is 9.80 Å². The fourth-order valence-corrected chi connectivity index (χ4v) is 5.68. The van der Waals surface area contributed by atoms with Gasteiger partial charge in [0.1, 0.15) is 17.8 Å². The lowest BCUT2D eigenvalue weighted by atomic mass is 9.84. The summed E-state index contributed by atoms with van der Waals surface area (Å²) in [5.74, 6) is 0.674. The van der Waals surface area contributed by atoms with Gasteiger partial charge in [-0.25, -0.2) is 0 Å². The zero-order valence-electron chi connectivity index (χ0n) is 22.8. The summed E-state index contributed by atoms with van der Waals surface area (Å²) in [4.78, 5) is 45.8. The average Bonchev–Trinajstić information content (AvgIpc) is 3.20. The molecule has 1 spiro atoms. The van der Waals surface area contributed by atoms with Crippen molar-refractivity contribution >= 4 is 29.1 Å². The largest absolute Gasteiger partial charge is 0.497 e. The van der Waals surface area contributed by atoms with E-state index in [1.165, 1.54) is 0 Å². The Morgan fingerprint density at radius 2 is 1.71 bits per heavy atom. The third-order valence-corrected chi connectivity index (χ3v) is 7.94. The number of benzene rings is 2. The smallest absolute Gasteiger partial charge is 0.250 e. The molecule has 0 aromatic heterocycles. The van der Waals surface area contributed by atoms with E-state index in [1.54, 1.807) is 36.3 Å². The summed E-state index contributed by atoms with van der Waals surface area (Å²) in [5, 5.41) is 2.88. The van der Waals surface area contributed by atoms with Crippen LogP contribution in [0.4, 0.5) is 11.4 Å². The Kier molecular flexibility index (Phi) is 8.92. The van der Waals surface area contributed by atoms with Crippen LogP contribution in [0.2, 0.25) is 0 Å². The highest BCUT2D eigenvalue weighted by Crippen LogP contribution is 2.40. The van der Waals surface area contributed by atoms with Crippen LogP contribution in [0.15, 0.2) is 54.6 Å². The van der Waals surface area contributed by atoms with Crippen LogP contribution in [-0.2, 0) is 14.4 Å². The fourth-order valence-electron chi connectivity index (χ4n) is 5.68. The maximum absolute atomic E-state index is 13.9. The molecule has 0 saturated carbocycles.